The highest BCUT2D eigenvalue weighted by molar-refractivity contribution is 6.33. The quantitative estimate of drug-likeness (QED) is 0.800. The summed E-state index contributed by atoms with van der Waals surface area (Å²) in [6.07, 6.45) is 0.819. The number of halogens is 1. The van der Waals surface area contributed by atoms with Crippen LogP contribution in [0.5, 0.6) is 0 Å². The lowest BCUT2D eigenvalue weighted by atomic mass is 10.1. The zero-order valence-electron chi connectivity index (χ0n) is 11.3. The maximum absolute atomic E-state index is 6.14. The van der Waals surface area contributed by atoms with Gasteiger partial charge in [-0.15, -0.1) is 0 Å². The fraction of sp³-hybridized carbons (Fsp3) is 0.125. The van der Waals surface area contributed by atoms with Gasteiger partial charge in [-0.3, -0.25) is 0 Å². The van der Waals surface area contributed by atoms with E-state index in [-0.39, 0.29) is 0 Å². The third kappa shape index (κ3) is 2.96. The zero-order chi connectivity index (χ0) is 14.7. The summed E-state index contributed by atoms with van der Waals surface area (Å²) in [5.41, 5.74) is 8.36. The molecule has 0 spiro atoms. The van der Waals surface area contributed by atoms with Crippen LogP contribution in [0.4, 0.5) is 0 Å². The van der Waals surface area contributed by atoms with Gasteiger partial charge in [0.1, 0.15) is 0 Å². The first-order chi connectivity index (χ1) is 10.3. The molecule has 0 unspecified atom stereocenters. The monoisotopic (exact) mass is 299 g/mol. The Bertz CT molecular complexity index is 755. The lowest BCUT2D eigenvalue weighted by Crippen LogP contribution is -2.02. The number of rotatable bonds is 4. The van der Waals surface area contributed by atoms with E-state index >= 15 is 0 Å². The Morgan fingerprint density at radius 3 is 2.76 bits per heavy atom. The van der Waals surface area contributed by atoms with Crippen molar-refractivity contribution < 1.29 is 4.52 Å². The van der Waals surface area contributed by atoms with Crippen LogP contribution >= 0.6 is 11.6 Å². The molecule has 0 saturated heterocycles. The lowest BCUT2D eigenvalue weighted by molar-refractivity contribution is 0.432. The normalized spacial score (nSPS) is 10.8. The molecule has 2 aromatic carbocycles. The first-order valence-electron chi connectivity index (χ1n) is 6.66. The van der Waals surface area contributed by atoms with Crippen molar-refractivity contribution in [1.29, 1.82) is 0 Å². The Hall–Kier alpha value is -2.17. The molecule has 0 fully saturated rings. The molecule has 0 bridgehead atoms. The number of benzene rings is 2. The Balaban J connectivity index is 1.95. The summed E-state index contributed by atoms with van der Waals surface area (Å²) >= 11 is 6.14. The average molecular weight is 300 g/mol. The molecule has 0 radical (unpaired) electrons. The van der Waals surface area contributed by atoms with E-state index in [1.807, 2.05) is 42.5 Å². The van der Waals surface area contributed by atoms with E-state index in [2.05, 4.69) is 10.1 Å². The number of aromatic nitrogens is 2. The summed E-state index contributed by atoms with van der Waals surface area (Å²) in [7, 11) is 0. The first kappa shape index (κ1) is 13.8. The predicted octanol–water partition coefficient (Wildman–Crippen LogP) is 3.56. The predicted molar refractivity (Wildman–Crippen MR) is 82.9 cm³/mol. The second kappa shape index (κ2) is 6.08. The van der Waals surface area contributed by atoms with Crippen molar-refractivity contribution >= 4 is 11.6 Å². The summed E-state index contributed by atoms with van der Waals surface area (Å²) in [6, 6.07) is 15.3. The smallest absolute Gasteiger partial charge is 0.258 e. The van der Waals surface area contributed by atoms with Crippen molar-refractivity contribution in [3.05, 3.63) is 59.1 Å². The van der Waals surface area contributed by atoms with E-state index in [1.165, 1.54) is 0 Å². The summed E-state index contributed by atoms with van der Waals surface area (Å²) in [4.78, 5) is 4.42. The van der Waals surface area contributed by atoms with Crippen LogP contribution in [0.3, 0.4) is 0 Å². The van der Waals surface area contributed by atoms with Gasteiger partial charge in [0.05, 0.1) is 5.02 Å². The van der Waals surface area contributed by atoms with Crippen LogP contribution in [0.1, 0.15) is 5.56 Å². The molecule has 1 heterocycles. The van der Waals surface area contributed by atoms with Gasteiger partial charge >= 0.3 is 0 Å². The van der Waals surface area contributed by atoms with E-state index in [9.17, 15) is 0 Å². The van der Waals surface area contributed by atoms with Gasteiger partial charge in [-0.05, 0) is 42.8 Å². The molecule has 1 aromatic heterocycles. The highest BCUT2D eigenvalue weighted by Gasteiger charge is 2.12. The standard InChI is InChI=1S/C16H14ClN3O/c17-14-7-2-1-6-13(14)15-19-16(21-20-15)12-5-3-4-11(10-12)8-9-18/h1-7,10H,8-9,18H2. The van der Waals surface area contributed by atoms with Gasteiger partial charge in [-0.25, -0.2) is 0 Å². The van der Waals surface area contributed by atoms with E-state index in [0.29, 0.717) is 23.3 Å². The van der Waals surface area contributed by atoms with Crippen LogP contribution in [0.2, 0.25) is 5.02 Å². The average Bonchev–Trinajstić information content (AvgIpc) is 2.98. The minimum Gasteiger partial charge on any atom is -0.334 e. The first-order valence-corrected chi connectivity index (χ1v) is 7.03. The largest absolute Gasteiger partial charge is 0.334 e. The molecule has 0 aliphatic heterocycles. The Labute approximate surface area is 127 Å². The Morgan fingerprint density at radius 1 is 1.10 bits per heavy atom. The van der Waals surface area contributed by atoms with Crippen molar-refractivity contribution in [2.24, 2.45) is 5.73 Å². The fourth-order valence-corrected chi connectivity index (χ4v) is 2.34. The minimum atomic E-state index is 0.476. The fourth-order valence-electron chi connectivity index (χ4n) is 2.12. The van der Waals surface area contributed by atoms with Crippen molar-refractivity contribution in [2.75, 3.05) is 6.54 Å². The number of hydrogen-bond acceptors (Lipinski definition) is 4. The summed E-state index contributed by atoms with van der Waals surface area (Å²) in [5, 5.41) is 4.60. The third-order valence-electron chi connectivity index (χ3n) is 3.15. The third-order valence-corrected chi connectivity index (χ3v) is 3.48. The van der Waals surface area contributed by atoms with Crippen molar-refractivity contribution in [2.45, 2.75) is 6.42 Å². The van der Waals surface area contributed by atoms with Crippen molar-refractivity contribution in [3.63, 3.8) is 0 Å². The van der Waals surface area contributed by atoms with Crippen molar-refractivity contribution in [1.82, 2.24) is 10.1 Å². The molecule has 3 aromatic rings. The molecular weight excluding hydrogens is 286 g/mol. The van der Waals surface area contributed by atoms with Gasteiger partial charge < -0.3 is 10.3 Å². The van der Waals surface area contributed by atoms with Crippen LogP contribution in [0, 0.1) is 0 Å². The van der Waals surface area contributed by atoms with Crippen LogP contribution in [-0.4, -0.2) is 16.7 Å². The van der Waals surface area contributed by atoms with Crippen LogP contribution in [0.25, 0.3) is 22.8 Å². The van der Waals surface area contributed by atoms with Crippen LogP contribution < -0.4 is 5.73 Å². The highest BCUT2D eigenvalue weighted by atomic mass is 35.5. The van der Waals surface area contributed by atoms with Crippen LogP contribution in [0.15, 0.2) is 53.1 Å². The molecule has 2 N–H and O–H groups in total. The van der Waals surface area contributed by atoms with E-state index < -0.39 is 0 Å². The van der Waals surface area contributed by atoms with Gasteiger partial charge in [0, 0.05) is 11.1 Å². The van der Waals surface area contributed by atoms with Gasteiger partial charge in [-0.2, -0.15) is 4.98 Å². The Morgan fingerprint density at radius 2 is 1.95 bits per heavy atom. The summed E-state index contributed by atoms with van der Waals surface area (Å²) < 4.78 is 5.34. The second-order valence-corrected chi connectivity index (χ2v) is 5.05. The van der Waals surface area contributed by atoms with Gasteiger partial charge in [-0.1, -0.05) is 41.0 Å². The highest BCUT2D eigenvalue weighted by Crippen LogP contribution is 2.27. The minimum absolute atomic E-state index is 0.476. The molecule has 106 valence electrons. The number of nitrogens with zero attached hydrogens (tertiary/aromatic N) is 2. The molecule has 0 saturated carbocycles. The number of hydrogen-bond donors (Lipinski definition) is 1. The molecule has 21 heavy (non-hydrogen) atoms. The van der Waals surface area contributed by atoms with E-state index in [4.69, 9.17) is 21.9 Å². The molecule has 0 amide bonds. The molecule has 0 aliphatic carbocycles. The zero-order valence-corrected chi connectivity index (χ0v) is 12.0. The second-order valence-electron chi connectivity index (χ2n) is 4.64. The lowest BCUT2D eigenvalue weighted by Gasteiger charge is -2.00. The molecule has 4 nitrogen and oxygen atoms in total. The van der Waals surface area contributed by atoms with Gasteiger partial charge in [0.2, 0.25) is 5.82 Å². The molecule has 3 rings (SSSR count). The summed E-state index contributed by atoms with van der Waals surface area (Å²) in [6.45, 7) is 0.609. The summed E-state index contributed by atoms with van der Waals surface area (Å²) in [5.74, 6) is 0.962. The maximum Gasteiger partial charge on any atom is 0.258 e. The molecular formula is C16H14ClN3O. The van der Waals surface area contributed by atoms with Crippen molar-refractivity contribution in [3.8, 4) is 22.8 Å². The SMILES string of the molecule is NCCc1cccc(-c2nc(-c3ccccc3Cl)no2)c1. The number of nitrogens with two attached hydrogens (primary N) is 1. The molecule has 0 aliphatic rings. The maximum atomic E-state index is 6.14. The topological polar surface area (TPSA) is 64.9 Å². The van der Waals surface area contributed by atoms with Gasteiger partial charge in [0.15, 0.2) is 0 Å². The molecule has 5 heteroatoms. The van der Waals surface area contributed by atoms with Gasteiger partial charge in [0.25, 0.3) is 5.89 Å². The van der Waals surface area contributed by atoms with Crippen LogP contribution in [-0.2, 0) is 6.42 Å². The van der Waals surface area contributed by atoms with E-state index in [1.54, 1.807) is 6.07 Å². The van der Waals surface area contributed by atoms with E-state index in [0.717, 1.165) is 23.1 Å². The molecule has 0 atom stereocenters. The Kier molecular flexibility index (Phi) is 3.99.